The van der Waals surface area contributed by atoms with E-state index in [1.165, 1.54) is 11.1 Å². The van der Waals surface area contributed by atoms with E-state index < -0.39 is 0 Å². The van der Waals surface area contributed by atoms with Gasteiger partial charge in [-0.2, -0.15) is 0 Å². The van der Waals surface area contributed by atoms with Gasteiger partial charge < -0.3 is 10.4 Å². The summed E-state index contributed by atoms with van der Waals surface area (Å²) in [5.41, 5.74) is 4.80. The zero-order valence-electron chi connectivity index (χ0n) is 14.0. The van der Waals surface area contributed by atoms with Crippen molar-refractivity contribution in [3.8, 4) is 0 Å². The minimum Gasteiger partial charge on any atom is -0.392 e. The number of aliphatic hydroxyl groups is 1. The van der Waals surface area contributed by atoms with Gasteiger partial charge in [-0.25, -0.2) is 0 Å². The third kappa shape index (κ3) is 5.22. The fraction of sp³-hybridized carbons (Fsp3) is 0.706. The molecule has 2 unspecified atom stereocenters. The lowest BCUT2D eigenvalue weighted by atomic mass is 9.89. The summed E-state index contributed by atoms with van der Waals surface area (Å²) in [4.78, 5) is 4.54. The van der Waals surface area contributed by atoms with Gasteiger partial charge >= 0.3 is 0 Å². The van der Waals surface area contributed by atoms with Crippen molar-refractivity contribution in [1.29, 1.82) is 0 Å². The molecule has 20 heavy (non-hydrogen) atoms. The normalized spacial score (nSPS) is 15.2. The van der Waals surface area contributed by atoms with E-state index in [9.17, 15) is 5.11 Å². The highest BCUT2D eigenvalue weighted by Gasteiger charge is 2.18. The first kappa shape index (κ1) is 17.1. The average Bonchev–Trinajstić information content (AvgIpc) is 2.22. The number of aliphatic hydroxyl groups excluding tert-OH is 1. The molecule has 0 aromatic carbocycles. The summed E-state index contributed by atoms with van der Waals surface area (Å²) in [6.45, 7) is 15.4. The van der Waals surface area contributed by atoms with Crippen molar-refractivity contribution < 1.29 is 5.11 Å². The first-order chi connectivity index (χ1) is 9.10. The van der Waals surface area contributed by atoms with Crippen LogP contribution >= 0.6 is 0 Å². The molecule has 3 nitrogen and oxygen atoms in total. The molecule has 3 heteroatoms. The standard InChI is InChI=1S/C17H30N2O/c1-11-8-12(2)19-14(4)16(11)13(3)18-10-15(20)9-17(5,6)7/h8,13,15,18,20H,9-10H2,1-7H3. The van der Waals surface area contributed by atoms with Crippen molar-refractivity contribution in [1.82, 2.24) is 10.3 Å². The summed E-state index contributed by atoms with van der Waals surface area (Å²) in [6.07, 6.45) is 0.494. The highest BCUT2D eigenvalue weighted by Crippen LogP contribution is 2.23. The zero-order valence-corrected chi connectivity index (χ0v) is 14.0. The van der Waals surface area contributed by atoms with Crippen molar-refractivity contribution >= 4 is 0 Å². The number of nitrogens with zero attached hydrogens (tertiary/aromatic N) is 1. The Balaban J connectivity index is 2.66. The molecular weight excluding hydrogens is 248 g/mol. The second kappa shape index (κ2) is 6.68. The van der Waals surface area contributed by atoms with Gasteiger partial charge in [0.05, 0.1) is 6.10 Å². The van der Waals surface area contributed by atoms with Gasteiger partial charge in [0.15, 0.2) is 0 Å². The van der Waals surface area contributed by atoms with Crippen LogP contribution in [0.25, 0.3) is 0 Å². The van der Waals surface area contributed by atoms with Crippen molar-refractivity contribution in [2.75, 3.05) is 6.54 Å². The van der Waals surface area contributed by atoms with Crippen molar-refractivity contribution in [2.24, 2.45) is 5.41 Å². The number of hydrogen-bond acceptors (Lipinski definition) is 3. The summed E-state index contributed by atoms with van der Waals surface area (Å²) in [5, 5.41) is 13.5. The van der Waals surface area contributed by atoms with Crippen LogP contribution in [0.3, 0.4) is 0 Å². The summed E-state index contributed by atoms with van der Waals surface area (Å²) in [6, 6.07) is 2.32. The lowest BCUT2D eigenvalue weighted by molar-refractivity contribution is 0.117. The quantitative estimate of drug-likeness (QED) is 0.867. The molecule has 1 heterocycles. The highest BCUT2D eigenvalue weighted by molar-refractivity contribution is 5.33. The summed E-state index contributed by atoms with van der Waals surface area (Å²) in [7, 11) is 0. The van der Waals surface area contributed by atoms with Gasteiger partial charge in [-0.05, 0) is 56.7 Å². The molecule has 2 N–H and O–H groups in total. The number of nitrogens with one attached hydrogen (secondary N) is 1. The molecule has 0 aliphatic carbocycles. The van der Waals surface area contributed by atoms with Crippen LogP contribution in [-0.2, 0) is 0 Å². The Kier molecular flexibility index (Phi) is 5.72. The molecule has 1 aromatic heterocycles. The molecule has 1 aromatic rings. The molecule has 0 aliphatic rings. The molecule has 0 saturated carbocycles. The third-order valence-corrected chi connectivity index (χ3v) is 3.52. The van der Waals surface area contributed by atoms with E-state index in [1.54, 1.807) is 0 Å². The molecule has 0 bridgehead atoms. The molecule has 0 amide bonds. The van der Waals surface area contributed by atoms with E-state index in [-0.39, 0.29) is 17.6 Å². The van der Waals surface area contributed by atoms with Crippen LogP contribution in [0.1, 0.15) is 62.7 Å². The van der Waals surface area contributed by atoms with Gasteiger partial charge in [-0.3, -0.25) is 4.98 Å². The highest BCUT2D eigenvalue weighted by atomic mass is 16.3. The van der Waals surface area contributed by atoms with Crippen molar-refractivity contribution in [3.05, 3.63) is 28.6 Å². The lowest BCUT2D eigenvalue weighted by Gasteiger charge is -2.25. The molecule has 0 saturated heterocycles. The minimum absolute atomic E-state index is 0.154. The largest absolute Gasteiger partial charge is 0.392 e. The van der Waals surface area contributed by atoms with Crippen LogP contribution in [0.4, 0.5) is 0 Å². The van der Waals surface area contributed by atoms with Gasteiger partial charge in [0.25, 0.3) is 0 Å². The number of aryl methyl sites for hydroxylation is 3. The Labute approximate surface area is 123 Å². The lowest BCUT2D eigenvalue weighted by Crippen LogP contribution is -2.32. The maximum atomic E-state index is 10.1. The van der Waals surface area contributed by atoms with E-state index in [1.807, 2.05) is 6.92 Å². The zero-order chi connectivity index (χ0) is 15.5. The number of rotatable bonds is 5. The smallest absolute Gasteiger partial charge is 0.0669 e. The first-order valence-electron chi connectivity index (χ1n) is 7.46. The van der Waals surface area contributed by atoms with Crippen LogP contribution in [0, 0.1) is 26.2 Å². The molecule has 0 aliphatic heterocycles. The summed E-state index contributed by atoms with van der Waals surface area (Å²) >= 11 is 0. The Morgan fingerprint density at radius 3 is 2.35 bits per heavy atom. The Morgan fingerprint density at radius 2 is 1.85 bits per heavy atom. The van der Waals surface area contributed by atoms with E-state index in [0.29, 0.717) is 6.54 Å². The van der Waals surface area contributed by atoms with Crippen LogP contribution in [0.15, 0.2) is 6.07 Å². The minimum atomic E-state index is -0.309. The average molecular weight is 278 g/mol. The van der Waals surface area contributed by atoms with E-state index in [0.717, 1.165) is 17.8 Å². The van der Waals surface area contributed by atoms with Gasteiger partial charge in [-0.15, -0.1) is 0 Å². The monoisotopic (exact) mass is 278 g/mol. The SMILES string of the molecule is Cc1cc(C)c(C(C)NCC(O)CC(C)(C)C)c(C)n1. The maximum Gasteiger partial charge on any atom is 0.0669 e. The first-order valence-corrected chi connectivity index (χ1v) is 7.46. The maximum absolute atomic E-state index is 10.1. The van der Waals surface area contributed by atoms with Gasteiger partial charge in [0.2, 0.25) is 0 Å². The van der Waals surface area contributed by atoms with Gasteiger partial charge in [0.1, 0.15) is 0 Å². The topological polar surface area (TPSA) is 45.1 Å². The summed E-state index contributed by atoms with van der Waals surface area (Å²) < 4.78 is 0. The fourth-order valence-electron chi connectivity index (χ4n) is 2.88. The van der Waals surface area contributed by atoms with Gasteiger partial charge in [-0.1, -0.05) is 20.8 Å². The van der Waals surface area contributed by atoms with Crippen molar-refractivity contribution in [2.45, 2.75) is 67.0 Å². The van der Waals surface area contributed by atoms with Crippen LogP contribution in [0.2, 0.25) is 0 Å². The Bertz CT molecular complexity index is 426. The predicted molar refractivity (Wildman–Crippen MR) is 84.9 cm³/mol. The molecule has 2 atom stereocenters. The van der Waals surface area contributed by atoms with E-state index in [2.05, 4.69) is 57.9 Å². The Morgan fingerprint density at radius 1 is 1.25 bits per heavy atom. The van der Waals surface area contributed by atoms with E-state index >= 15 is 0 Å². The van der Waals surface area contributed by atoms with Crippen molar-refractivity contribution in [3.63, 3.8) is 0 Å². The second-order valence-corrected chi connectivity index (χ2v) is 7.13. The Hall–Kier alpha value is -0.930. The molecule has 0 radical (unpaired) electrons. The number of hydrogen-bond donors (Lipinski definition) is 2. The molecular formula is C17H30N2O. The molecule has 114 valence electrons. The molecule has 0 spiro atoms. The summed E-state index contributed by atoms with van der Waals surface area (Å²) in [5.74, 6) is 0. The van der Waals surface area contributed by atoms with Crippen LogP contribution < -0.4 is 5.32 Å². The van der Waals surface area contributed by atoms with Crippen LogP contribution in [-0.4, -0.2) is 22.7 Å². The predicted octanol–water partition coefficient (Wildman–Crippen LogP) is 3.45. The molecule has 0 fully saturated rings. The third-order valence-electron chi connectivity index (χ3n) is 3.52. The number of pyridine rings is 1. The van der Waals surface area contributed by atoms with Gasteiger partial charge in [0, 0.05) is 24.0 Å². The number of aromatic nitrogens is 1. The molecule has 1 rings (SSSR count). The second-order valence-electron chi connectivity index (χ2n) is 7.13. The van der Waals surface area contributed by atoms with Crippen LogP contribution in [0.5, 0.6) is 0 Å². The fourth-order valence-corrected chi connectivity index (χ4v) is 2.88. The van der Waals surface area contributed by atoms with E-state index in [4.69, 9.17) is 0 Å².